The lowest BCUT2D eigenvalue weighted by atomic mass is 9.90. The molecule has 58 valence electrons. The van der Waals surface area contributed by atoms with Crippen molar-refractivity contribution in [3.05, 3.63) is 24.9 Å². The molecule has 0 atom stereocenters. The molecule has 0 heterocycles. The van der Waals surface area contributed by atoms with Gasteiger partial charge in [-0.3, -0.25) is 0 Å². The molecule has 0 aromatic rings. The molecule has 0 spiro atoms. The van der Waals surface area contributed by atoms with Crippen LogP contribution in [0, 0.1) is 5.41 Å². The van der Waals surface area contributed by atoms with E-state index in [4.69, 9.17) is 0 Å². The van der Waals surface area contributed by atoms with Crippen LogP contribution in [0.2, 0.25) is 0 Å². The van der Waals surface area contributed by atoms with E-state index < -0.39 is 0 Å². The van der Waals surface area contributed by atoms with Gasteiger partial charge in [0.2, 0.25) is 0 Å². The van der Waals surface area contributed by atoms with Gasteiger partial charge < -0.3 is 5.32 Å². The van der Waals surface area contributed by atoms with Gasteiger partial charge >= 0.3 is 0 Å². The van der Waals surface area contributed by atoms with Crippen LogP contribution in [-0.4, -0.2) is 7.05 Å². The number of hydrogen-bond donors (Lipinski definition) is 1. The zero-order valence-corrected chi connectivity index (χ0v) is 7.15. The molecule has 0 aliphatic rings. The van der Waals surface area contributed by atoms with E-state index in [1.54, 1.807) is 0 Å². The summed E-state index contributed by atoms with van der Waals surface area (Å²) in [5.74, 6) is 0. The molecule has 1 N–H and O–H groups in total. The number of nitrogens with one attached hydrogen (secondary N) is 1. The van der Waals surface area contributed by atoms with Crippen molar-refractivity contribution in [2.75, 3.05) is 7.05 Å². The molecule has 0 fully saturated rings. The normalized spacial score (nSPS) is 11.9. The lowest BCUT2D eigenvalue weighted by molar-refractivity contribution is 0.489. The van der Waals surface area contributed by atoms with E-state index in [9.17, 15) is 0 Å². The van der Waals surface area contributed by atoms with E-state index in [0.717, 1.165) is 6.42 Å². The Bertz CT molecular complexity index is 123. The minimum absolute atomic E-state index is 0.230. The Morgan fingerprint density at radius 1 is 1.50 bits per heavy atom. The molecule has 1 nitrogen and oxygen atoms in total. The summed E-state index contributed by atoms with van der Waals surface area (Å²) in [4.78, 5) is 0. The first-order chi connectivity index (χ1) is 4.62. The van der Waals surface area contributed by atoms with Crippen LogP contribution in [0.15, 0.2) is 24.9 Å². The Balaban J connectivity index is 3.66. The summed E-state index contributed by atoms with van der Waals surface area (Å²) in [5, 5.41) is 2.95. The molecule has 0 rings (SSSR count). The summed E-state index contributed by atoms with van der Waals surface area (Å²) >= 11 is 0. The van der Waals surface area contributed by atoms with E-state index >= 15 is 0 Å². The first-order valence-electron chi connectivity index (χ1n) is 3.58. The van der Waals surface area contributed by atoms with Crippen LogP contribution in [0.5, 0.6) is 0 Å². The number of hydrogen-bond acceptors (Lipinski definition) is 1. The lowest BCUT2D eigenvalue weighted by Gasteiger charge is -2.16. The van der Waals surface area contributed by atoms with Crippen LogP contribution in [0.3, 0.4) is 0 Å². The van der Waals surface area contributed by atoms with E-state index in [1.807, 2.05) is 19.3 Å². The third-order valence-electron chi connectivity index (χ3n) is 1.48. The fourth-order valence-corrected chi connectivity index (χ4v) is 0.564. The summed E-state index contributed by atoms with van der Waals surface area (Å²) in [6.45, 7) is 8.09. The van der Waals surface area contributed by atoms with Crippen molar-refractivity contribution in [1.82, 2.24) is 5.32 Å². The van der Waals surface area contributed by atoms with Crippen molar-refractivity contribution >= 4 is 0 Å². The molecule has 0 amide bonds. The summed E-state index contributed by atoms with van der Waals surface area (Å²) in [5.41, 5.74) is 0.230. The van der Waals surface area contributed by atoms with E-state index in [1.165, 1.54) is 0 Å². The molecular formula is C9H17N. The van der Waals surface area contributed by atoms with Gasteiger partial charge in [0.05, 0.1) is 0 Å². The molecule has 0 radical (unpaired) electrons. The van der Waals surface area contributed by atoms with Gasteiger partial charge in [-0.15, -0.1) is 6.58 Å². The SMILES string of the molecule is C=CC(C)(C)CC=CNC. The largest absolute Gasteiger partial charge is 0.394 e. The highest BCUT2D eigenvalue weighted by atomic mass is 14.8. The zero-order valence-electron chi connectivity index (χ0n) is 7.15. The highest BCUT2D eigenvalue weighted by molar-refractivity contribution is 4.94. The Morgan fingerprint density at radius 2 is 2.10 bits per heavy atom. The van der Waals surface area contributed by atoms with Gasteiger partial charge in [0.25, 0.3) is 0 Å². The molecule has 10 heavy (non-hydrogen) atoms. The highest BCUT2D eigenvalue weighted by Gasteiger charge is 2.08. The van der Waals surface area contributed by atoms with Gasteiger partial charge in [-0.25, -0.2) is 0 Å². The lowest BCUT2D eigenvalue weighted by Crippen LogP contribution is -2.05. The average molecular weight is 139 g/mol. The predicted octanol–water partition coefficient (Wildman–Crippen LogP) is 2.32. The average Bonchev–Trinajstić information content (AvgIpc) is 1.89. The van der Waals surface area contributed by atoms with Crippen LogP contribution in [-0.2, 0) is 0 Å². The summed E-state index contributed by atoms with van der Waals surface area (Å²) in [6, 6.07) is 0. The second-order valence-corrected chi connectivity index (χ2v) is 3.09. The third kappa shape index (κ3) is 4.19. The maximum absolute atomic E-state index is 3.76. The molecule has 0 aliphatic heterocycles. The van der Waals surface area contributed by atoms with Gasteiger partial charge in [0, 0.05) is 7.05 Å². The molecule has 1 heteroatoms. The quantitative estimate of drug-likeness (QED) is 0.589. The van der Waals surface area contributed by atoms with Gasteiger partial charge in [-0.2, -0.15) is 0 Å². The monoisotopic (exact) mass is 139 g/mol. The first-order valence-corrected chi connectivity index (χ1v) is 3.58. The van der Waals surface area contributed by atoms with Crippen LogP contribution >= 0.6 is 0 Å². The number of allylic oxidation sites excluding steroid dienone is 2. The molecule has 0 saturated carbocycles. The maximum atomic E-state index is 3.76. The predicted molar refractivity (Wildman–Crippen MR) is 46.8 cm³/mol. The van der Waals surface area contributed by atoms with Crippen molar-refractivity contribution in [2.24, 2.45) is 5.41 Å². The molecule has 0 aromatic carbocycles. The molecule has 0 saturated heterocycles. The van der Waals surface area contributed by atoms with E-state index in [2.05, 4.69) is 31.8 Å². The van der Waals surface area contributed by atoms with Crippen molar-refractivity contribution in [3.8, 4) is 0 Å². The van der Waals surface area contributed by atoms with Gasteiger partial charge in [0.15, 0.2) is 0 Å². The molecule has 0 aromatic heterocycles. The molecule has 0 aliphatic carbocycles. The maximum Gasteiger partial charge on any atom is 0.00276 e. The Hall–Kier alpha value is -0.720. The molecule has 0 unspecified atom stereocenters. The van der Waals surface area contributed by atoms with Crippen LogP contribution in [0.1, 0.15) is 20.3 Å². The fourth-order valence-electron chi connectivity index (χ4n) is 0.564. The standard InChI is InChI=1S/C9H17N/c1-5-9(2,3)7-6-8-10-4/h5-6,8,10H,1,7H2,2-4H3. The van der Waals surface area contributed by atoms with Crippen molar-refractivity contribution in [3.63, 3.8) is 0 Å². The van der Waals surface area contributed by atoms with Crippen LogP contribution in [0.25, 0.3) is 0 Å². The summed E-state index contributed by atoms with van der Waals surface area (Å²) < 4.78 is 0. The van der Waals surface area contributed by atoms with Crippen LogP contribution < -0.4 is 5.32 Å². The van der Waals surface area contributed by atoms with Crippen LogP contribution in [0.4, 0.5) is 0 Å². The minimum atomic E-state index is 0.230. The minimum Gasteiger partial charge on any atom is -0.394 e. The van der Waals surface area contributed by atoms with E-state index in [-0.39, 0.29) is 5.41 Å². The first kappa shape index (κ1) is 9.28. The second kappa shape index (κ2) is 4.15. The van der Waals surface area contributed by atoms with Gasteiger partial charge in [0.1, 0.15) is 0 Å². The van der Waals surface area contributed by atoms with Crippen molar-refractivity contribution in [1.29, 1.82) is 0 Å². The molecular weight excluding hydrogens is 122 g/mol. The van der Waals surface area contributed by atoms with Gasteiger partial charge in [-0.05, 0) is 18.0 Å². The highest BCUT2D eigenvalue weighted by Crippen LogP contribution is 2.20. The Morgan fingerprint density at radius 3 is 2.50 bits per heavy atom. The smallest absolute Gasteiger partial charge is 0.00276 e. The second-order valence-electron chi connectivity index (χ2n) is 3.09. The fraction of sp³-hybridized carbons (Fsp3) is 0.556. The summed E-state index contributed by atoms with van der Waals surface area (Å²) in [6.07, 6.45) is 7.08. The topological polar surface area (TPSA) is 12.0 Å². The summed E-state index contributed by atoms with van der Waals surface area (Å²) in [7, 11) is 1.90. The Kier molecular flexibility index (Phi) is 3.85. The Labute approximate surface area is 63.8 Å². The van der Waals surface area contributed by atoms with Crippen molar-refractivity contribution < 1.29 is 0 Å². The van der Waals surface area contributed by atoms with Gasteiger partial charge in [-0.1, -0.05) is 26.0 Å². The zero-order chi connectivity index (χ0) is 8.04. The third-order valence-corrected chi connectivity index (χ3v) is 1.48. The number of rotatable bonds is 4. The van der Waals surface area contributed by atoms with E-state index in [0.29, 0.717) is 0 Å². The van der Waals surface area contributed by atoms with Crippen molar-refractivity contribution in [2.45, 2.75) is 20.3 Å². The molecule has 0 bridgehead atoms.